The van der Waals surface area contributed by atoms with Crippen LogP contribution in [0.4, 0.5) is 16.2 Å². The second-order valence-electron chi connectivity index (χ2n) is 7.73. The third-order valence-electron chi connectivity index (χ3n) is 5.09. The van der Waals surface area contributed by atoms with E-state index < -0.39 is 11.1 Å². The van der Waals surface area contributed by atoms with Crippen LogP contribution in [0.3, 0.4) is 0 Å². The van der Waals surface area contributed by atoms with E-state index in [0.29, 0.717) is 37.0 Å². The second-order valence-corrected chi connectivity index (χ2v) is 10.3. The summed E-state index contributed by atoms with van der Waals surface area (Å²) >= 11 is 8.94. The highest BCUT2D eigenvalue weighted by Crippen LogP contribution is 2.39. The molecule has 1 aliphatic heterocycles. The number of rotatable bonds is 7. The number of anilines is 2. The van der Waals surface area contributed by atoms with E-state index in [1.54, 1.807) is 42.5 Å². The van der Waals surface area contributed by atoms with E-state index in [9.17, 15) is 14.4 Å². The normalized spacial score (nSPS) is 14.3. The van der Waals surface area contributed by atoms with E-state index in [4.69, 9.17) is 21.1 Å². The Kier molecular flexibility index (Phi) is 8.22. The molecule has 0 saturated carbocycles. The Morgan fingerprint density at radius 3 is 2.58 bits per heavy atom. The third-order valence-corrected chi connectivity index (χ3v) is 7.00. The molecule has 10 heteroatoms. The average Bonchev–Trinajstić information content (AvgIpc) is 3.12. The van der Waals surface area contributed by atoms with Crippen molar-refractivity contribution in [3.63, 3.8) is 0 Å². The molecular formula is C26H20ClIN2O5S. The van der Waals surface area contributed by atoms with Gasteiger partial charge in [0.05, 0.1) is 21.3 Å². The number of amides is 3. The smallest absolute Gasteiger partial charge is 0.298 e. The molecule has 1 aliphatic rings. The molecule has 3 aromatic carbocycles. The molecule has 1 N–H and O–H groups in total. The first-order chi connectivity index (χ1) is 17.2. The lowest BCUT2D eigenvalue weighted by Crippen LogP contribution is -2.27. The summed E-state index contributed by atoms with van der Waals surface area (Å²) < 4.78 is 11.9. The molecule has 36 heavy (non-hydrogen) atoms. The van der Waals surface area contributed by atoms with Crippen LogP contribution in [0.1, 0.15) is 11.1 Å². The van der Waals surface area contributed by atoms with Gasteiger partial charge in [-0.3, -0.25) is 14.4 Å². The van der Waals surface area contributed by atoms with Crippen molar-refractivity contribution in [1.82, 2.24) is 0 Å². The molecule has 3 aromatic rings. The Morgan fingerprint density at radius 1 is 1.14 bits per heavy atom. The van der Waals surface area contributed by atoms with Gasteiger partial charge < -0.3 is 14.8 Å². The molecule has 0 atom stereocenters. The zero-order valence-corrected chi connectivity index (χ0v) is 22.9. The molecule has 1 heterocycles. The molecule has 0 unspecified atom stereocenters. The van der Waals surface area contributed by atoms with Gasteiger partial charge in [-0.1, -0.05) is 35.4 Å². The van der Waals surface area contributed by atoms with E-state index in [0.717, 1.165) is 22.2 Å². The molecule has 4 rings (SSSR count). The minimum absolute atomic E-state index is 0.210. The van der Waals surface area contributed by atoms with Gasteiger partial charge in [-0.2, -0.15) is 0 Å². The van der Waals surface area contributed by atoms with Crippen molar-refractivity contribution >= 4 is 80.5 Å². The van der Waals surface area contributed by atoms with Gasteiger partial charge in [-0.25, -0.2) is 4.90 Å². The first kappa shape index (κ1) is 26.1. The summed E-state index contributed by atoms with van der Waals surface area (Å²) in [5.41, 5.74) is 2.83. The van der Waals surface area contributed by atoms with Crippen LogP contribution < -0.4 is 19.7 Å². The molecule has 1 saturated heterocycles. The molecule has 0 aromatic heterocycles. The molecule has 0 radical (unpaired) electrons. The summed E-state index contributed by atoms with van der Waals surface area (Å²) in [6.07, 6.45) is 1.62. The van der Waals surface area contributed by atoms with Crippen LogP contribution in [-0.4, -0.2) is 30.8 Å². The zero-order valence-electron chi connectivity index (χ0n) is 19.2. The lowest BCUT2D eigenvalue weighted by molar-refractivity contribution is -0.118. The first-order valence-corrected chi connectivity index (χ1v) is 12.9. The van der Waals surface area contributed by atoms with Gasteiger partial charge in [0.25, 0.3) is 17.1 Å². The quantitative estimate of drug-likeness (QED) is 0.235. The average molecular weight is 635 g/mol. The number of hydrogen-bond acceptors (Lipinski definition) is 6. The van der Waals surface area contributed by atoms with Crippen molar-refractivity contribution in [2.75, 3.05) is 23.9 Å². The molecule has 1 fully saturated rings. The maximum absolute atomic E-state index is 13.0. The van der Waals surface area contributed by atoms with Crippen molar-refractivity contribution in [2.24, 2.45) is 0 Å². The van der Waals surface area contributed by atoms with E-state index >= 15 is 0 Å². The van der Waals surface area contributed by atoms with E-state index in [2.05, 4.69) is 27.9 Å². The van der Waals surface area contributed by atoms with Crippen molar-refractivity contribution in [2.45, 2.75) is 6.92 Å². The number of imide groups is 1. The SMILES string of the molecule is COc1cc(/C=C2/SC(=O)N(c3cccc(Cl)c3)C2=O)cc(I)c1OCC(=O)Nc1ccc(C)cc1. The fraction of sp³-hybridized carbons (Fsp3) is 0.115. The van der Waals surface area contributed by atoms with Gasteiger partial charge in [0, 0.05) is 10.7 Å². The Hall–Kier alpha value is -3.02. The summed E-state index contributed by atoms with van der Waals surface area (Å²) in [4.78, 5) is 39.2. The number of halogens is 2. The van der Waals surface area contributed by atoms with Crippen molar-refractivity contribution in [3.05, 3.63) is 85.3 Å². The molecule has 3 amide bonds. The summed E-state index contributed by atoms with van der Waals surface area (Å²) in [5, 5.41) is 2.81. The summed E-state index contributed by atoms with van der Waals surface area (Å²) in [6, 6.07) is 17.5. The molecule has 0 spiro atoms. The highest BCUT2D eigenvalue weighted by atomic mass is 127. The number of carbonyl (C=O) groups is 3. The first-order valence-electron chi connectivity index (χ1n) is 10.7. The Labute approximate surface area is 230 Å². The predicted molar refractivity (Wildman–Crippen MR) is 151 cm³/mol. The number of aryl methyl sites for hydroxylation is 1. The van der Waals surface area contributed by atoms with Gasteiger partial charge >= 0.3 is 0 Å². The highest BCUT2D eigenvalue weighted by Gasteiger charge is 2.36. The second kappa shape index (κ2) is 11.4. The predicted octanol–water partition coefficient (Wildman–Crippen LogP) is 6.52. The van der Waals surface area contributed by atoms with Crippen LogP contribution >= 0.6 is 46.0 Å². The topological polar surface area (TPSA) is 84.9 Å². The van der Waals surface area contributed by atoms with Crippen LogP contribution in [-0.2, 0) is 9.59 Å². The number of hydrogen-bond donors (Lipinski definition) is 1. The Bertz CT molecular complexity index is 1380. The van der Waals surface area contributed by atoms with Gasteiger partial charge in [-0.15, -0.1) is 0 Å². The number of thioether (sulfide) groups is 1. The van der Waals surface area contributed by atoms with Crippen LogP contribution in [0.2, 0.25) is 5.02 Å². The van der Waals surface area contributed by atoms with E-state index in [-0.39, 0.29) is 17.4 Å². The number of methoxy groups -OCH3 is 1. The fourth-order valence-corrected chi connectivity index (χ4v) is 5.20. The minimum Gasteiger partial charge on any atom is -0.493 e. The fourth-order valence-electron chi connectivity index (χ4n) is 3.39. The van der Waals surface area contributed by atoms with Crippen LogP contribution in [0, 0.1) is 10.5 Å². The van der Waals surface area contributed by atoms with Crippen LogP contribution in [0.5, 0.6) is 11.5 Å². The molecule has 7 nitrogen and oxygen atoms in total. The monoisotopic (exact) mass is 634 g/mol. The van der Waals surface area contributed by atoms with Gasteiger partial charge in [0.15, 0.2) is 18.1 Å². The van der Waals surface area contributed by atoms with Crippen LogP contribution in [0.15, 0.2) is 65.6 Å². The van der Waals surface area contributed by atoms with Gasteiger partial charge in [-0.05, 0) is 95.4 Å². The Balaban J connectivity index is 1.50. The lowest BCUT2D eigenvalue weighted by atomic mass is 10.1. The number of nitrogens with zero attached hydrogens (tertiary/aromatic N) is 1. The highest BCUT2D eigenvalue weighted by molar-refractivity contribution is 14.1. The standard InChI is InChI=1S/C26H20ClIN2O5S/c1-15-6-8-18(9-7-15)29-23(31)14-35-24-20(28)10-16(11-21(24)34-2)12-22-25(32)30(26(33)36-22)19-5-3-4-17(27)13-19/h3-13H,14H2,1-2H3,(H,29,31)/b22-12+. The minimum atomic E-state index is -0.436. The van der Waals surface area contributed by atoms with Gasteiger partial charge in [0.1, 0.15) is 0 Å². The lowest BCUT2D eigenvalue weighted by Gasteiger charge is -2.14. The van der Waals surface area contributed by atoms with Crippen molar-refractivity contribution in [3.8, 4) is 11.5 Å². The zero-order chi connectivity index (χ0) is 25.8. The molecule has 0 aliphatic carbocycles. The Morgan fingerprint density at radius 2 is 1.89 bits per heavy atom. The van der Waals surface area contributed by atoms with Crippen molar-refractivity contribution < 1.29 is 23.9 Å². The number of ether oxygens (including phenoxy) is 2. The van der Waals surface area contributed by atoms with Gasteiger partial charge in [0.2, 0.25) is 0 Å². The summed E-state index contributed by atoms with van der Waals surface area (Å²) in [6.45, 7) is 1.76. The van der Waals surface area contributed by atoms with Crippen LogP contribution in [0.25, 0.3) is 6.08 Å². The number of carbonyl (C=O) groups excluding carboxylic acids is 3. The maximum atomic E-state index is 13.0. The largest absolute Gasteiger partial charge is 0.493 e. The molecule has 184 valence electrons. The number of nitrogens with one attached hydrogen (secondary N) is 1. The molecular weight excluding hydrogens is 615 g/mol. The van der Waals surface area contributed by atoms with E-state index in [1.165, 1.54) is 7.11 Å². The van der Waals surface area contributed by atoms with Crippen molar-refractivity contribution in [1.29, 1.82) is 0 Å². The summed E-state index contributed by atoms with van der Waals surface area (Å²) in [7, 11) is 1.49. The number of benzene rings is 3. The van der Waals surface area contributed by atoms with E-state index in [1.807, 2.05) is 31.2 Å². The summed E-state index contributed by atoms with van der Waals surface area (Å²) in [5.74, 6) is 0.0523. The maximum Gasteiger partial charge on any atom is 0.298 e. The third kappa shape index (κ3) is 6.03. The molecule has 0 bridgehead atoms.